The zero-order valence-electron chi connectivity index (χ0n) is 21.8. The van der Waals surface area contributed by atoms with Gasteiger partial charge in [0.15, 0.2) is 0 Å². The maximum atomic E-state index is 3.60. The van der Waals surface area contributed by atoms with Gasteiger partial charge in [0, 0.05) is 33.4 Å². The SMILES string of the molecule is Cc1ccc(Nc2ccccc2-c2ccc(-c3cccc4c3c3ccccc3n4-c3ccccc3)cc2)cc1. The third-order valence-electron chi connectivity index (χ3n) is 7.48. The monoisotopic (exact) mass is 500 g/mol. The third kappa shape index (κ3) is 4.17. The topological polar surface area (TPSA) is 17.0 Å². The zero-order chi connectivity index (χ0) is 26.2. The minimum Gasteiger partial charge on any atom is -0.355 e. The first kappa shape index (κ1) is 23.1. The summed E-state index contributed by atoms with van der Waals surface area (Å²) >= 11 is 0. The molecule has 0 saturated heterocycles. The summed E-state index contributed by atoms with van der Waals surface area (Å²) in [6.07, 6.45) is 0. The molecule has 1 N–H and O–H groups in total. The van der Waals surface area contributed by atoms with E-state index in [1.165, 1.54) is 55.3 Å². The highest BCUT2D eigenvalue weighted by molar-refractivity contribution is 6.15. The number of nitrogens with one attached hydrogen (secondary N) is 1. The summed E-state index contributed by atoms with van der Waals surface area (Å²) in [7, 11) is 0. The normalized spacial score (nSPS) is 11.2. The molecule has 0 saturated carbocycles. The number of rotatable bonds is 5. The molecule has 6 aromatic carbocycles. The van der Waals surface area contributed by atoms with Gasteiger partial charge in [-0.3, -0.25) is 0 Å². The third-order valence-corrected chi connectivity index (χ3v) is 7.48. The highest BCUT2D eigenvalue weighted by atomic mass is 15.0. The lowest BCUT2D eigenvalue weighted by Crippen LogP contribution is -1.93. The first-order valence-electron chi connectivity index (χ1n) is 13.4. The van der Waals surface area contributed by atoms with E-state index in [0.29, 0.717) is 0 Å². The van der Waals surface area contributed by atoms with Crippen molar-refractivity contribution in [2.45, 2.75) is 6.92 Å². The van der Waals surface area contributed by atoms with E-state index in [1.807, 2.05) is 0 Å². The van der Waals surface area contributed by atoms with Crippen molar-refractivity contribution in [3.63, 3.8) is 0 Å². The summed E-state index contributed by atoms with van der Waals surface area (Å²) in [5, 5.41) is 6.16. The van der Waals surface area contributed by atoms with Crippen molar-refractivity contribution in [1.82, 2.24) is 4.57 Å². The Morgan fingerprint density at radius 1 is 0.487 bits per heavy atom. The predicted molar refractivity (Wildman–Crippen MR) is 166 cm³/mol. The van der Waals surface area contributed by atoms with Crippen LogP contribution in [-0.2, 0) is 0 Å². The molecule has 1 aromatic heterocycles. The van der Waals surface area contributed by atoms with Gasteiger partial charge in [-0.25, -0.2) is 0 Å². The molecular formula is C37H28N2. The molecule has 0 amide bonds. The summed E-state index contributed by atoms with van der Waals surface area (Å²) in [5.74, 6) is 0. The molecule has 0 aliphatic rings. The molecule has 0 atom stereocenters. The summed E-state index contributed by atoms with van der Waals surface area (Å²) in [6.45, 7) is 2.11. The van der Waals surface area contributed by atoms with Gasteiger partial charge < -0.3 is 9.88 Å². The molecule has 0 unspecified atom stereocenters. The van der Waals surface area contributed by atoms with Crippen LogP contribution in [0.15, 0.2) is 146 Å². The Morgan fingerprint density at radius 3 is 1.90 bits per heavy atom. The van der Waals surface area contributed by atoms with Crippen LogP contribution in [0.3, 0.4) is 0 Å². The largest absolute Gasteiger partial charge is 0.355 e. The first-order chi connectivity index (χ1) is 19.3. The maximum Gasteiger partial charge on any atom is 0.0547 e. The Kier molecular flexibility index (Phi) is 5.71. The molecule has 7 aromatic rings. The van der Waals surface area contributed by atoms with Crippen LogP contribution in [-0.4, -0.2) is 4.57 Å². The number of nitrogens with zero attached hydrogens (tertiary/aromatic N) is 1. The molecule has 0 aliphatic carbocycles. The van der Waals surface area contributed by atoms with Gasteiger partial charge in [0.2, 0.25) is 0 Å². The first-order valence-corrected chi connectivity index (χ1v) is 13.4. The number of benzene rings is 6. The number of fused-ring (bicyclic) bond motifs is 3. The van der Waals surface area contributed by atoms with Gasteiger partial charge in [-0.2, -0.15) is 0 Å². The average Bonchev–Trinajstić information content (AvgIpc) is 3.34. The number of aryl methyl sites for hydroxylation is 1. The van der Waals surface area contributed by atoms with Crippen LogP contribution in [0, 0.1) is 6.92 Å². The van der Waals surface area contributed by atoms with Gasteiger partial charge in [0.1, 0.15) is 0 Å². The van der Waals surface area contributed by atoms with E-state index in [4.69, 9.17) is 0 Å². The van der Waals surface area contributed by atoms with Gasteiger partial charge in [-0.15, -0.1) is 0 Å². The van der Waals surface area contributed by atoms with E-state index in [0.717, 1.165) is 11.4 Å². The number of para-hydroxylation sites is 3. The molecular weight excluding hydrogens is 472 g/mol. The smallest absolute Gasteiger partial charge is 0.0547 e. The van der Waals surface area contributed by atoms with Crippen molar-refractivity contribution >= 4 is 33.2 Å². The number of hydrogen-bond donors (Lipinski definition) is 1. The van der Waals surface area contributed by atoms with Gasteiger partial charge >= 0.3 is 0 Å². The second kappa shape index (κ2) is 9.66. The predicted octanol–water partition coefficient (Wildman–Crippen LogP) is 10.2. The fourth-order valence-corrected chi connectivity index (χ4v) is 5.58. The molecule has 7 rings (SSSR count). The zero-order valence-corrected chi connectivity index (χ0v) is 21.8. The quantitative estimate of drug-likeness (QED) is 0.249. The molecule has 2 nitrogen and oxygen atoms in total. The number of hydrogen-bond acceptors (Lipinski definition) is 1. The molecule has 2 heteroatoms. The Balaban J connectivity index is 1.32. The van der Waals surface area contributed by atoms with Crippen molar-refractivity contribution < 1.29 is 0 Å². The fourth-order valence-electron chi connectivity index (χ4n) is 5.58. The van der Waals surface area contributed by atoms with Crippen LogP contribution in [0.25, 0.3) is 49.7 Å². The van der Waals surface area contributed by atoms with Crippen LogP contribution in [0.5, 0.6) is 0 Å². The highest BCUT2D eigenvalue weighted by Crippen LogP contribution is 2.39. The van der Waals surface area contributed by atoms with E-state index in [-0.39, 0.29) is 0 Å². The van der Waals surface area contributed by atoms with E-state index >= 15 is 0 Å². The molecule has 186 valence electrons. The van der Waals surface area contributed by atoms with Crippen LogP contribution in [0.1, 0.15) is 5.56 Å². The van der Waals surface area contributed by atoms with Gasteiger partial charge in [0.05, 0.1) is 11.0 Å². The molecule has 0 bridgehead atoms. The van der Waals surface area contributed by atoms with E-state index < -0.39 is 0 Å². The van der Waals surface area contributed by atoms with Gasteiger partial charge in [-0.1, -0.05) is 109 Å². The van der Waals surface area contributed by atoms with Crippen LogP contribution in [0.2, 0.25) is 0 Å². The molecule has 0 spiro atoms. The Labute approximate surface area is 228 Å². The average molecular weight is 501 g/mol. The van der Waals surface area contributed by atoms with Crippen molar-refractivity contribution in [1.29, 1.82) is 0 Å². The molecule has 0 fully saturated rings. The Morgan fingerprint density at radius 2 is 1.10 bits per heavy atom. The number of anilines is 2. The molecule has 1 heterocycles. The second-order valence-electron chi connectivity index (χ2n) is 10.0. The van der Waals surface area contributed by atoms with Crippen LogP contribution >= 0.6 is 0 Å². The van der Waals surface area contributed by atoms with Crippen molar-refractivity contribution in [3.8, 4) is 27.9 Å². The Hall–Kier alpha value is -5.08. The van der Waals surface area contributed by atoms with E-state index in [2.05, 4.69) is 162 Å². The molecule has 0 aliphatic heterocycles. The minimum absolute atomic E-state index is 1.09. The maximum absolute atomic E-state index is 3.60. The van der Waals surface area contributed by atoms with Crippen LogP contribution in [0.4, 0.5) is 11.4 Å². The second-order valence-corrected chi connectivity index (χ2v) is 10.0. The summed E-state index contributed by atoms with van der Waals surface area (Å²) in [4.78, 5) is 0. The minimum atomic E-state index is 1.09. The summed E-state index contributed by atoms with van der Waals surface area (Å²) in [6, 6.07) is 52.0. The van der Waals surface area contributed by atoms with Crippen LogP contribution < -0.4 is 5.32 Å². The summed E-state index contributed by atoms with van der Waals surface area (Å²) < 4.78 is 2.37. The van der Waals surface area contributed by atoms with Gasteiger partial charge in [-0.05, 0) is 66.1 Å². The van der Waals surface area contributed by atoms with E-state index in [1.54, 1.807) is 0 Å². The lowest BCUT2D eigenvalue weighted by Gasteiger charge is -2.13. The standard InChI is InChI=1S/C37H28N2/c1-26-18-24-29(25-19-26)38-34-15-7-5-12-31(34)27-20-22-28(23-21-27)32-14-9-17-36-37(32)33-13-6-8-16-35(33)39(36)30-10-3-2-4-11-30/h2-25,38H,1H3. The lowest BCUT2D eigenvalue weighted by molar-refractivity contribution is 1.18. The number of aromatic nitrogens is 1. The Bertz CT molecular complexity index is 1910. The fraction of sp³-hybridized carbons (Fsp3) is 0.0270. The lowest BCUT2D eigenvalue weighted by atomic mass is 9.96. The van der Waals surface area contributed by atoms with E-state index in [9.17, 15) is 0 Å². The summed E-state index contributed by atoms with van der Waals surface area (Å²) in [5.41, 5.74) is 11.9. The molecule has 0 radical (unpaired) electrons. The van der Waals surface area contributed by atoms with Gasteiger partial charge in [0.25, 0.3) is 0 Å². The highest BCUT2D eigenvalue weighted by Gasteiger charge is 2.16. The van der Waals surface area contributed by atoms with Crippen molar-refractivity contribution in [2.24, 2.45) is 0 Å². The molecule has 39 heavy (non-hydrogen) atoms. The van der Waals surface area contributed by atoms with Crippen molar-refractivity contribution in [2.75, 3.05) is 5.32 Å². The van der Waals surface area contributed by atoms with Crippen molar-refractivity contribution in [3.05, 3.63) is 151 Å².